The van der Waals surface area contributed by atoms with Gasteiger partial charge in [0.05, 0.1) is 0 Å². The predicted octanol–water partition coefficient (Wildman–Crippen LogP) is 2.37. The molecule has 2 aliphatic rings. The number of carbonyl (C=O) groups excluding carboxylic acids is 1. The van der Waals surface area contributed by atoms with E-state index in [1.165, 1.54) is 11.3 Å². The summed E-state index contributed by atoms with van der Waals surface area (Å²) in [7, 11) is 0. The van der Waals surface area contributed by atoms with Gasteiger partial charge in [-0.1, -0.05) is 18.2 Å². The van der Waals surface area contributed by atoms with Gasteiger partial charge in [-0.25, -0.2) is 0 Å². The number of ether oxygens (including phenoxy) is 1. The molecule has 2 aliphatic heterocycles. The first-order valence-electron chi connectivity index (χ1n) is 9.36. The Morgan fingerprint density at radius 1 is 0.964 bits per heavy atom. The fourth-order valence-electron chi connectivity index (χ4n) is 3.61. The van der Waals surface area contributed by atoms with Crippen LogP contribution in [0.25, 0.3) is 0 Å². The number of hydrogen-bond acceptors (Lipinski definition) is 4. The number of aryl methyl sites for hydroxylation is 1. The van der Waals surface area contributed by atoms with Crippen LogP contribution in [0.1, 0.15) is 12.0 Å². The molecule has 2 heterocycles. The van der Waals surface area contributed by atoms with Crippen LogP contribution in [-0.2, 0) is 11.2 Å². The number of para-hydroxylation sites is 1. The number of rotatable bonds is 5. The Kier molecular flexibility index (Phi) is 8.11. The zero-order chi connectivity index (χ0) is 17.8. The van der Waals surface area contributed by atoms with E-state index in [1.54, 1.807) is 0 Å². The molecule has 3 N–H and O–H groups in total. The maximum Gasteiger partial charge on any atom is 0.224 e. The van der Waals surface area contributed by atoms with Crippen molar-refractivity contribution in [3.63, 3.8) is 0 Å². The lowest BCUT2D eigenvalue weighted by Gasteiger charge is -2.36. The molecule has 0 bridgehead atoms. The highest BCUT2D eigenvalue weighted by Crippen LogP contribution is 2.26. The van der Waals surface area contributed by atoms with Crippen LogP contribution in [0, 0.1) is 0 Å². The zero-order valence-electron chi connectivity index (χ0n) is 15.9. The van der Waals surface area contributed by atoms with E-state index in [0.717, 1.165) is 50.6 Å². The monoisotopic (exact) mass is 405 g/mol. The highest BCUT2D eigenvalue weighted by Gasteiger charge is 2.17. The number of hydrogen-bond donors (Lipinski definition) is 1. The second-order valence-electron chi connectivity index (χ2n) is 6.88. The van der Waals surface area contributed by atoms with Gasteiger partial charge in [-0.05, 0) is 42.3 Å². The summed E-state index contributed by atoms with van der Waals surface area (Å²) in [6, 6.07) is 16.6. The van der Waals surface area contributed by atoms with Crippen LogP contribution in [0.3, 0.4) is 0 Å². The molecular weight excluding hydrogens is 378 g/mol. The van der Waals surface area contributed by atoms with Gasteiger partial charge in [0.15, 0.2) is 0 Å². The van der Waals surface area contributed by atoms with Crippen molar-refractivity contribution in [2.75, 3.05) is 49.5 Å². The van der Waals surface area contributed by atoms with E-state index in [1.807, 2.05) is 12.1 Å². The lowest BCUT2D eigenvalue weighted by Crippen LogP contribution is -2.47. The van der Waals surface area contributed by atoms with Crippen LogP contribution in [0.4, 0.5) is 11.4 Å². The molecule has 0 spiro atoms. The Morgan fingerprint density at radius 2 is 1.71 bits per heavy atom. The van der Waals surface area contributed by atoms with Crippen molar-refractivity contribution in [2.45, 2.75) is 12.8 Å². The molecule has 1 fully saturated rings. The quantitative estimate of drug-likeness (QED) is 0.828. The van der Waals surface area contributed by atoms with Crippen LogP contribution in [0.5, 0.6) is 5.75 Å². The van der Waals surface area contributed by atoms with Crippen molar-refractivity contribution in [1.29, 1.82) is 0 Å². The normalized spacial score (nSPS) is 16.3. The summed E-state index contributed by atoms with van der Waals surface area (Å²) in [5, 5.41) is 2.91. The van der Waals surface area contributed by atoms with Gasteiger partial charge >= 0.3 is 0 Å². The molecule has 0 saturated carbocycles. The Bertz CT molecular complexity index is 765. The maximum absolute atomic E-state index is 11.4. The third-order valence-electron chi connectivity index (χ3n) is 5.14. The van der Waals surface area contributed by atoms with E-state index >= 15 is 0 Å². The number of halogens is 1. The first-order chi connectivity index (χ1) is 12.8. The van der Waals surface area contributed by atoms with E-state index in [0.29, 0.717) is 13.0 Å². The number of fused-ring (bicyclic) bond motifs is 1. The third kappa shape index (κ3) is 5.38. The molecule has 4 rings (SSSR count). The summed E-state index contributed by atoms with van der Waals surface area (Å²) in [6.07, 6.45) is 1.35. The molecule has 7 heteroatoms. The topological polar surface area (TPSA) is 76.3 Å². The summed E-state index contributed by atoms with van der Waals surface area (Å²) in [6.45, 7) is 5.88. The van der Waals surface area contributed by atoms with E-state index in [9.17, 15) is 4.79 Å². The summed E-state index contributed by atoms with van der Waals surface area (Å²) in [4.78, 5) is 16.3. The molecular formula is C21H28ClN3O3. The first kappa shape index (κ1) is 22.0. The minimum absolute atomic E-state index is 0. The summed E-state index contributed by atoms with van der Waals surface area (Å²) in [5.74, 6) is 0.989. The number of benzene rings is 2. The number of nitrogens with zero attached hydrogens (tertiary/aromatic N) is 2. The number of amides is 1. The highest BCUT2D eigenvalue weighted by atomic mass is 35.5. The predicted molar refractivity (Wildman–Crippen MR) is 115 cm³/mol. The van der Waals surface area contributed by atoms with E-state index < -0.39 is 0 Å². The maximum atomic E-state index is 11.4. The van der Waals surface area contributed by atoms with E-state index in [-0.39, 0.29) is 23.8 Å². The van der Waals surface area contributed by atoms with Crippen molar-refractivity contribution in [2.24, 2.45) is 0 Å². The fourth-order valence-corrected chi connectivity index (χ4v) is 3.61. The van der Waals surface area contributed by atoms with Crippen molar-refractivity contribution < 1.29 is 15.0 Å². The van der Waals surface area contributed by atoms with Crippen molar-refractivity contribution in [3.05, 3.63) is 54.1 Å². The molecule has 0 radical (unpaired) electrons. The van der Waals surface area contributed by atoms with Crippen LogP contribution >= 0.6 is 12.4 Å². The van der Waals surface area contributed by atoms with Crippen LogP contribution < -0.4 is 15.0 Å². The zero-order valence-corrected chi connectivity index (χ0v) is 16.7. The molecule has 0 aliphatic carbocycles. The lowest BCUT2D eigenvalue weighted by atomic mass is 10.0. The SMILES string of the molecule is Cl.O.O=C1CCc2cc(OCCN3CCN(c4ccccc4)CC3)ccc2N1. The Morgan fingerprint density at radius 3 is 2.46 bits per heavy atom. The minimum atomic E-state index is 0. The third-order valence-corrected chi connectivity index (χ3v) is 5.14. The fraction of sp³-hybridized carbons (Fsp3) is 0.381. The molecule has 0 atom stereocenters. The molecule has 28 heavy (non-hydrogen) atoms. The number of piperazine rings is 1. The summed E-state index contributed by atoms with van der Waals surface area (Å²) >= 11 is 0. The van der Waals surface area contributed by atoms with Crippen molar-refractivity contribution >= 4 is 29.7 Å². The molecule has 2 aromatic rings. The molecule has 6 nitrogen and oxygen atoms in total. The van der Waals surface area contributed by atoms with Gasteiger partial charge in [0.25, 0.3) is 0 Å². The molecule has 1 amide bonds. The van der Waals surface area contributed by atoms with Gasteiger partial charge in [-0.3, -0.25) is 9.69 Å². The summed E-state index contributed by atoms with van der Waals surface area (Å²) in [5.41, 5.74) is 3.40. The molecule has 2 aromatic carbocycles. The molecule has 0 aromatic heterocycles. The first-order valence-corrected chi connectivity index (χ1v) is 9.36. The second kappa shape index (κ2) is 10.3. The van der Waals surface area contributed by atoms with Crippen LogP contribution in [0.2, 0.25) is 0 Å². The lowest BCUT2D eigenvalue weighted by molar-refractivity contribution is -0.116. The van der Waals surface area contributed by atoms with Gasteiger partial charge in [0, 0.05) is 50.5 Å². The van der Waals surface area contributed by atoms with Crippen LogP contribution in [-0.4, -0.2) is 55.6 Å². The van der Waals surface area contributed by atoms with Crippen molar-refractivity contribution in [3.8, 4) is 5.75 Å². The number of carbonyl (C=O) groups is 1. The smallest absolute Gasteiger partial charge is 0.224 e. The van der Waals surface area contributed by atoms with Gasteiger partial charge in [0.1, 0.15) is 12.4 Å². The highest BCUT2D eigenvalue weighted by molar-refractivity contribution is 5.94. The average molecular weight is 406 g/mol. The van der Waals surface area contributed by atoms with Gasteiger partial charge in [0.2, 0.25) is 5.91 Å². The Hall–Kier alpha value is -2.28. The average Bonchev–Trinajstić information content (AvgIpc) is 2.69. The second-order valence-corrected chi connectivity index (χ2v) is 6.88. The van der Waals surface area contributed by atoms with Gasteiger partial charge in [-0.2, -0.15) is 0 Å². The van der Waals surface area contributed by atoms with Gasteiger partial charge in [-0.15, -0.1) is 12.4 Å². The molecule has 152 valence electrons. The Labute approximate surface area is 172 Å². The van der Waals surface area contributed by atoms with Crippen LogP contribution in [0.15, 0.2) is 48.5 Å². The largest absolute Gasteiger partial charge is 0.492 e. The number of nitrogens with one attached hydrogen (secondary N) is 1. The minimum Gasteiger partial charge on any atom is -0.492 e. The molecule has 0 unspecified atom stereocenters. The van der Waals surface area contributed by atoms with E-state index in [4.69, 9.17) is 4.74 Å². The van der Waals surface area contributed by atoms with Crippen molar-refractivity contribution in [1.82, 2.24) is 4.90 Å². The molecule has 1 saturated heterocycles. The van der Waals surface area contributed by atoms with Gasteiger partial charge < -0.3 is 20.4 Å². The number of anilines is 2. The Balaban J connectivity index is 0.00000140. The van der Waals surface area contributed by atoms with E-state index in [2.05, 4.69) is 51.5 Å². The summed E-state index contributed by atoms with van der Waals surface area (Å²) < 4.78 is 5.95. The standard InChI is InChI=1S/C21H25N3O2.ClH.H2O/c25-21-9-6-17-16-19(7-8-20(17)22-21)26-15-14-23-10-12-24(13-11-23)18-4-2-1-3-5-18;;/h1-5,7-8,16H,6,9-15H2,(H,22,25);1H;1H2.